The van der Waals surface area contributed by atoms with Gasteiger partial charge < -0.3 is 16.0 Å². The van der Waals surface area contributed by atoms with E-state index in [0.29, 0.717) is 6.42 Å². The number of aromatic amines is 1. The predicted octanol–water partition coefficient (Wildman–Crippen LogP) is 1.28. The Hall–Kier alpha value is -1.62. The zero-order valence-corrected chi connectivity index (χ0v) is 9.83. The molecule has 2 rings (SSSR count). The number of fused-ring (bicyclic) bond motifs is 1. The molecular formula is C11H17N5. The summed E-state index contributed by atoms with van der Waals surface area (Å²) in [6.45, 7) is 3.96. The van der Waals surface area contributed by atoms with Crippen LogP contribution in [0.15, 0.2) is 12.1 Å². The van der Waals surface area contributed by atoms with Gasteiger partial charge in [-0.3, -0.25) is 0 Å². The van der Waals surface area contributed by atoms with E-state index in [2.05, 4.69) is 20.3 Å². The average molecular weight is 219 g/mol. The molecule has 5 nitrogen and oxygen atoms in total. The van der Waals surface area contributed by atoms with E-state index in [1.54, 1.807) is 0 Å². The van der Waals surface area contributed by atoms with Crippen LogP contribution in [0.1, 0.15) is 19.7 Å². The number of nitrogens with two attached hydrogens (primary N) is 1. The second-order valence-electron chi connectivity index (χ2n) is 4.67. The molecule has 2 heterocycles. The highest BCUT2D eigenvalue weighted by Gasteiger charge is 2.15. The van der Waals surface area contributed by atoms with Gasteiger partial charge in [-0.1, -0.05) is 0 Å². The van der Waals surface area contributed by atoms with Gasteiger partial charge in [-0.25, -0.2) is 9.97 Å². The van der Waals surface area contributed by atoms with E-state index >= 15 is 0 Å². The first-order valence-electron chi connectivity index (χ1n) is 5.30. The SMILES string of the molecule is CNc1ccc2[nH]c(CC(C)(C)N)nc2n1. The average Bonchev–Trinajstić information content (AvgIpc) is 2.55. The van der Waals surface area contributed by atoms with Crippen LogP contribution in [0.3, 0.4) is 0 Å². The number of aromatic nitrogens is 3. The van der Waals surface area contributed by atoms with Gasteiger partial charge in [0.1, 0.15) is 11.6 Å². The summed E-state index contributed by atoms with van der Waals surface area (Å²) < 4.78 is 0. The Labute approximate surface area is 94.5 Å². The minimum Gasteiger partial charge on any atom is -0.373 e. The maximum atomic E-state index is 5.95. The Morgan fingerprint density at radius 2 is 2.12 bits per heavy atom. The van der Waals surface area contributed by atoms with Crippen LogP contribution >= 0.6 is 0 Å². The van der Waals surface area contributed by atoms with Crippen LogP contribution in [-0.2, 0) is 6.42 Å². The molecule has 16 heavy (non-hydrogen) atoms. The molecule has 2 aromatic rings. The van der Waals surface area contributed by atoms with Gasteiger partial charge in [-0.2, -0.15) is 0 Å². The number of hydrogen-bond donors (Lipinski definition) is 3. The molecule has 0 saturated heterocycles. The Balaban J connectivity index is 2.36. The summed E-state index contributed by atoms with van der Waals surface area (Å²) in [6, 6.07) is 3.88. The molecule has 0 aliphatic rings. The zero-order chi connectivity index (χ0) is 11.8. The van der Waals surface area contributed by atoms with Crippen LogP contribution in [0.5, 0.6) is 0 Å². The quantitative estimate of drug-likeness (QED) is 0.726. The van der Waals surface area contributed by atoms with Crippen molar-refractivity contribution in [2.75, 3.05) is 12.4 Å². The molecule has 4 N–H and O–H groups in total. The Kier molecular flexibility index (Phi) is 2.55. The van der Waals surface area contributed by atoms with E-state index in [9.17, 15) is 0 Å². The largest absolute Gasteiger partial charge is 0.373 e. The highest BCUT2D eigenvalue weighted by atomic mass is 15.0. The molecule has 0 radical (unpaired) electrons. The van der Waals surface area contributed by atoms with Crippen molar-refractivity contribution in [1.29, 1.82) is 0 Å². The van der Waals surface area contributed by atoms with Crippen molar-refractivity contribution in [3.05, 3.63) is 18.0 Å². The normalized spacial score (nSPS) is 12.0. The minimum atomic E-state index is -0.264. The lowest BCUT2D eigenvalue weighted by molar-refractivity contribution is 0.505. The van der Waals surface area contributed by atoms with Gasteiger partial charge in [-0.05, 0) is 26.0 Å². The predicted molar refractivity (Wildman–Crippen MR) is 65.4 cm³/mol. The highest BCUT2D eigenvalue weighted by molar-refractivity contribution is 5.72. The summed E-state index contributed by atoms with van der Waals surface area (Å²) >= 11 is 0. The van der Waals surface area contributed by atoms with Crippen molar-refractivity contribution >= 4 is 17.0 Å². The number of nitrogens with zero attached hydrogens (tertiary/aromatic N) is 2. The van der Waals surface area contributed by atoms with Crippen molar-refractivity contribution in [2.45, 2.75) is 25.8 Å². The second kappa shape index (κ2) is 3.75. The van der Waals surface area contributed by atoms with Gasteiger partial charge in [-0.15, -0.1) is 0 Å². The molecule has 2 aromatic heterocycles. The van der Waals surface area contributed by atoms with Crippen molar-refractivity contribution in [2.24, 2.45) is 5.73 Å². The Bertz CT molecular complexity index is 495. The molecule has 5 heteroatoms. The van der Waals surface area contributed by atoms with Gasteiger partial charge in [0.2, 0.25) is 0 Å². The fourth-order valence-electron chi connectivity index (χ4n) is 1.60. The van der Waals surface area contributed by atoms with Crippen molar-refractivity contribution in [3.8, 4) is 0 Å². The molecule has 0 bridgehead atoms. The molecule has 0 aliphatic heterocycles. The fourth-order valence-corrected chi connectivity index (χ4v) is 1.60. The second-order valence-corrected chi connectivity index (χ2v) is 4.67. The number of H-pyrrole nitrogens is 1. The smallest absolute Gasteiger partial charge is 0.179 e. The summed E-state index contributed by atoms with van der Waals surface area (Å²) in [5.41, 5.74) is 7.36. The van der Waals surface area contributed by atoms with Crippen LogP contribution in [-0.4, -0.2) is 27.5 Å². The van der Waals surface area contributed by atoms with Gasteiger partial charge in [0.15, 0.2) is 5.65 Å². The lowest BCUT2D eigenvalue weighted by Crippen LogP contribution is -2.34. The molecular weight excluding hydrogens is 202 g/mol. The number of pyridine rings is 1. The number of anilines is 1. The number of nitrogens with one attached hydrogen (secondary N) is 2. The van der Waals surface area contributed by atoms with Crippen molar-refractivity contribution in [1.82, 2.24) is 15.0 Å². The minimum absolute atomic E-state index is 0.264. The van der Waals surface area contributed by atoms with E-state index in [-0.39, 0.29) is 5.54 Å². The van der Waals surface area contributed by atoms with E-state index in [1.807, 2.05) is 33.0 Å². The van der Waals surface area contributed by atoms with E-state index in [4.69, 9.17) is 5.73 Å². The number of imidazole rings is 1. The van der Waals surface area contributed by atoms with E-state index < -0.39 is 0 Å². The number of rotatable bonds is 3. The zero-order valence-electron chi connectivity index (χ0n) is 9.83. The first-order valence-corrected chi connectivity index (χ1v) is 5.30. The molecule has 0 saturated carbocycles. The molecule has 0 aliphatic carbocycles. The summed E-state index contributed by atoms with van der Waals surface area (Å²) in [4.78, 5) is 12.0. The summed E-state index contributed by atoms with van der Waals surface area (Å²) in [7, 11) is 1.84. The molecule has 0 unspecified atom stereocenters. The Morgan fingerprint density at radius 3 is 2.75 bits per heavy atom. The fraction of sp³-hybridized carbons (Fsp3) is 0.455. The third kappa shape index (κ3) is 2.30. The lowest BCUT2D eigenvalue weighted by atomic mass is 10.0. The summed E-state index contributed by atoms with van der Waals surface area (Å²) in [5.74, 6) is 1.70. The molecule has 0 fully saturated rings. The molecule has 0 aromatic carbocycles. The maximum Gasteiger partial charge on any atom is 0.179 e. The van der Waals surface area contributed by atoms with Crippen molar-refractivity contribution < 1.29 is 0 Å². The third-order valence-corrected chi connectivity index (χ3v) is 2.27. The van der Waals surface area contributed by atoms with Gasteiger partial charge in [0, 0.05) is 19.0 Å². The van der Waals surface area contributed by atoms with Crippen LogP contribution in [0, 0.1) is 0 Å². The first-order chi connectivity index (χ1) is 7.48. The van der Waals surface area contributed by atoms with Gasteiger partial charge >= 0.3 is 0 Å². The maximum absolute atomic E-state index is 5.95. The van der Waals surface area contributed by atoms with Crippen LogP contribution < -0.4 is 11.1 Å². The molecule has 86 valence electrons. The molecule has 0 amide bonds. The standard InChI is InChI=1S/C11H17N5/c1-11(2,12)6-9-14-7-4-5-8(13-3)15-10(7)16-9/h4-5H,6,12H2,1-3H3,(H2,13,14,15,16). The molecule has 0 atom stereocenters. The summed E-state index contributed by atoms with van der Waals surface area (Å²) in [5, 5.41) is 2.99. The molecule has 0 spiro atoms. The lowest BCUT2D eigenvalue weighted by Gasteiger charge is -2.15. The van der Waals surface area contributed by atoms with Gasteiger partial charge in [0.05, 0.1) is 5.52 Å². The van der Waals surface area contributed by atoms with E-state index in [1.165, 1.54) is 0 Å². The Morgan fingerprint density at radius 1 is 1.38 bits per heavy atom. The van der Waals surface area contributed by atoms with Crippen molar-refractivity contribution in [3.63, 3.8) is 0 Å². The first kappa shape index (κ1) is 10.9. The van der Waals surface area contributed by atoms with E-state index in [0.717, 1.165) is 22.8 Å². The summed E-state index contributed by atoms with van der Waals surface area (Å²) in [6.07, 6.45) is 0.707. The van der Waals surface area contributed by atoms with Crippen LogP contribution in [0.25, 0.3) is 11.2 Å². The van der Waals surface area contributed by atoms with Gasteiger partial charge in [0.25, 0.3) is 0 Å². The third-order valence-electron chi connectivity index (χ3n) is 2.27. The topological polar surface area (TPSA) is 79.6 Å². The highest BCUT2D eigenvalue weighted by Crippen LogP contribution is 2.14. The van der Waals surface area contributed by atoms with Crippen LogP contribution in [0.4, 0.5) is 5.82 Å². The monoisotopic (exact) mass is 219 g/mol. The number of hydrogen-bond acceptors (Lipinski definition) is 4. The van der Waals surface area contributed by atoms with Crippen LogP contribution in [0.2, 0.25) is 0 Å².